The Bertz CT molecular complexity index is 639. The van der Waals surface area contributed by atoms with Gasteiger partial charge in [0.25, 0.3) is 0 Å². The Kier molecular flexibility index (Phi) is 3.58. The van der Waals surface area contributed by atoms with Crippen molar-refractivity contribution >= 4 is 11.8 Å². The number of nitrogens with zero attached hydrogens (tertiary/aromatic N) is 1. The Hall–Kier alpha value is -2.40. The third kappa shape index (κ3) is 2.87. The van der Waals surface area contributed by atoms with Crippen molar-refractivity contribution in [1.29, 1.82) is 0 Å². The highest BCUT2D eigenvalue weighted by molar-refractivity contribution is 5.86. The number of pyridine rings is 1. The summed E-state index contributed by atoms with van der Waals surface area (Å²) in [5.74, 6) is 0.461. The van der Waals surface area contributed by atoms with Gasteiger partial charge in [-0.25, -0.2) is 9.78 Å². The second-order valence-corrected chi connectivity index (χ2v) is 5.17. The lowest BCUT2D eigenvalue weighted by atomic mass is 9.81. The molecule has 3 N–H and O–H groups in total. The van der Waals surface area contributed by atoms with Gasteiger partial charge in [0.05, 0.1) is 12.2 Å². The molecule has 1 atom stereocenters. The average molecular weight is 283 g/mol. The van der Waals surface area contributed by atoms with E-state index in [1.54, 1.807) is 6.20 Å². The lowest BCUT2D eigenvalue weighted by molar-refractivity contribution is -0.153. The SMILES string of the molecule is NC(=O)Nc1cc(CC2(c3ccccc3)CCO2)ccn1. The molecule has 108 valence electrons. The second kappa shape index (κ2) is 5.54. The van der Waals surface area contributed by atoms with Crippen molar-refractivity contribution in [3.05, 3.63) is 59.8 Å². The lowest BCUT2D eigenvalue weighted by Crippen LogP contribution is -2.42. The van der Waals surface area contributed by atoms with Gasteiger partial charge in [0.15, 0.2) is 0 Å². The first kappa shape index (κ1) is 13.6. The first-order chi connectivity index (χ1) is 10.2. The fourth-order valence-corrected chi connectivity index (χ4v) is 2.67. The molecule has 1 aliphatic rings. The Labute approximate surface area is 123 Å². The summed E-state index contributed by atoms with van der Waals surface area (Å²) >= 11 is 0. The van der Waals surface area contributed by atoms with E-state index in [0.717, 1.165) is 25.0 Å². The standard InChI is InChI=1S/C16H17N3O2/c17-15(20)19-14-10-12(6-8-18-14)11-16(7-9-21-16)13-4-2-1-3-5-13/h1-6,8,10H,7,9,11H2,(H3,17,18,19,20). The number of hydrogen-bond acceptors (Lipinski definition) is 3. The number of benzene rings is 1. The van der Waals surface area contributed by atoms with Gasteiger partial charge in [-0.2, -0.15) is 0 Å². The summed E-state index contributed by atoms with van der Waals surface area (Å²) in [5, 5.41) is 2.49. The van der Waals surface area contributed by atoms with Crippen LogP contribution in [-0.2, 0) is 16.8 Å². The minimum absolute atomic E-state index is 0.271. The molecular weight excluding hydrogens is 266 g/mol. The molecule has 1 saturated heterocycles. The van der Waals surface area contributed by atoms with E-state index < -0.39 is 6.03 Å². The van der Waals surface area contributed by atoms with Crippen molar-refractivity contribution in [1.82, 2.24) is 4.98 Å². The van der Waals surface area contributed by atoms with Crippen LogP contribution < -0.4 is 11.1 Å². The molecule has 3 rings (SSSR count). The summed E-state index contributed by atoms with van der Waals surface area (Å²) in [5.41, 5.74) is 7.08. The number of primary amides is 1. The number of nitrogens with two attached hydrogens (primary N) is 1. The molecule has 2 amide bonds. The first-order valence-corrected chi connectivity index (χ1v) is 6.89. The van der Waals surface area contributed by atoms with Crippen molar-refractivity contribution in [3.63, 3.8) is 0 Å². The van der Waals surface area contributed by atoms with Crippen LogP contribution in [0.2, 0.25) is 0 Å². The normalized spacial score (nSPS) is 20.6. The minimum Gasteiger partial charge on any atom is -0.370 e. The fraction of sp³-hybridized carbons (Fsp3) is 0.250. The van der Waals surface area contributed by atoms with Gasteiger partial charge in [-0.15, -0.1) is 0 Å². The number of anilines is 1. The maximum atomic E-state index is 10.9. The third-order valence-electron chi connectivity index (χ3n) is 3.75. The van der Waals surface area contributed by atoms with E-state index >= 15 is 0 Å². The van der Waals surface area contributed by atoms with Gasteiger partial charge in [0.1, 0.15) is 5.82 Å². The number of hydrogen-bond donors (Lipinski definition) is 2. The summed E-state index contributed by atoms with van der Waals surface area (Å²) < 4.78 is 5.90. The van der Waals surface area contributed by atoms with Crippen LogP contribution in [0.25, 0.3) is 0 Å². The third-order valence-corrected chi connectivity index (χ3v) is 3.75. The van der Waals surface area contributed by atoms with Crippen molar-refractivity contribution in [3.8, 4) is 0 Å². The van der Waals surface area contributed by atoms with Gasteiger partial charge in [0.2, 0.25) is 0 Å². The smallest absolute Gasteiger partial charge is 0.317 e. The lowest BCUT2D eigenvalue weighted by Gasteiger charge is -2.42. The largest absolute Gasteiger partial charge is 0.370 e. The Morgan fingerprint density at radius 2 is 2.10 bits per heavy atom. The molecule has 0 radical (unpaired) electrons. The van der Waals surface area contributed by atoms with Gasteiger partial charge in [-0.1, -0.05) is 30.3 Å². The van der Waals surface area contributed by atoms with E-state index in [-0.39, 0.29) is 5.60 Å². The molecule has 1 aromatic carbocycles. The van der Waals surface area contributed by atoms with Gasteiger partial charge in [-0.05, 0) is 23.3 Å². The number of rotatable bonds is 4. The molecule has 0 aliphatic carbocycles. The Balaban J connectivity index is 1.83. The van der Waals surface area contributed by atoms with Crippen LogP contribution in [0.15, 0.2) is 48.7 Å². The van der Waals surface area contributed by atoms with E-state index in [1.165, 1.54) is 5.56 Å². The molecule has 2 aromatic rings. The van der Waals surface area contributed by atoms with Gasteiger partial charge in [0, 0.05) is 19.0 Å². The van der Waals surface area contributed by atoms with Crippen molar-refractivity contribution in [2.24, 2.45) is 5.73 Å². The van der Waals surface area contributed by atoms with Crippen LogP contribution in [0.4, 0.5) is 10.6 Å². The molecule has 5 nitrogen and oxygen atoms in total. The monoisotopic (exact) mass is 283 g/mol. The predicted octanol–water partition coefficient (Wildman–Crippen LogP) is 2.43. The van der Waals surface area contributed by atoms with E-state index in [0.29, 0.717) is 5.82 Å². The zero-order chi connectivity index (χ0) is 14.7. The molecule has 1 aliphatic heterocycles. The van der Waals surface area contributed by atoms with Crippen LogP contribution >= 0.6 is 0 Å². The molecule has 2 heterocycles. The highest BCUT2D eigenvalue weighted by atomic mass is 16.5. The molecule has 5 heteroatoms. The highest BCUT2D eigenvalue weighted by Gasteiger charge is 2.40. The quantitative estimate of drug-likeness (QED) is 0.904. The number of amides is 2. The number of carbonyl (C=O) groups excluding carboxylic acids is 1. The molecule has 0 saturated carbocycles. The van der Waals surface area contributed by atoms with Gasteiger partial charge >= 0.3 is 6.03 Å². The fourth-order valence-electron chi connectivity index (χ4n) is 2.67. The van der Waals surface area contributed by atoms with Crippen LogP contribution in [0.5, 0.6) is 0 Å². The molecule has 21 heavy (non-hydrogen) atoms. The van der Waals surface area contributed by atoms with Crippen LogP contribution in [-0.4, -0.2) is 17.6 Å². The number of urea groups is 1. The maximum absolute atomic E-state index is 10.9. The molecule has 0 bridgehead atoms. The topological polar surface area (TPSA) is 77.2 Å². The number of carbonyl (C=O) groups is 1. The molecular formula is C16H17N3O2. The van der Waals surface area contributed by atoms with Crippen LogP contribution in [0, 0.1) is 0 Å². The maximum Gasteiger partial charge on any atom is 0.317 e. The van der Waals surface area contributed by atoms with Gasteiger partial charge < -0.3 is 10.5 Å². The average Bonchev–Trinajstić information content (AvgIpc) is 2.43. The second-order valence-electron chi connectivity index (χ2n) is 5.17. The Morgan fingerprint density at radius 3 is 2.71 bits per heavy atom. The summed E-state index contributed by atoms with van der Waals surface area (Å²) in [4.78, 5) is 15.0. The molecule has 0 spiro atoms. The van der Waals surface area contributed by atoms with Crippen molar-refractivity contribution < 1.29 is 9.53 Å². The van der Waals surface area contributed by atoms with Crippen LogP contribution in [0.3, 0.4) is 0 Å². The summed E-state index contributed by atoms with van der Waals surface area (Å²) in [7, 11) is 0. The summed E-state index contributed by atoms with van der Waals surface area (Å²) in [6.07, 6.45) is 3.39. The van der Waals surface area contributed by atoms with Crippen molar-refractivity contribution in [2.75, 3.05) is 11.9 Å². The van der Waals surface area contributed by atoms with Gasteiger partial charge in [-0.3, -0.25) is 5.32 Å². The van der Waals surface area contributed by atoms with E-state index in [9.17, 15) is 4.79 Å². The zero-order valence-corrected chi connectivity index (χ0v) is 11.6. The predicted molar refractivity (Wildman–Crippen MR) is 79.8 cm³/mol. The molecule has 1 unspecified atom stereocenters. The molecule has 1 fully saturated rings. The number of aromatic nitrogens is 1. The molecule has 1 aromatic heterocycles. The summed E-state index contributed by atoms with van der Waals surface area (Å²) in [6.45, 7) is 0.770. The Morgan fingerprint density at radius 1 is 1.33 bits per heavy atom. The first-order valence-electron chi connectivity index (χ1n) is 6.89. The van der Waals surface area contributed by atoms with E-state index in [4.69, 9.17) is 10.5 Å². The minimum atomic E-state index is -0.614. The zero-order valence-electron chi connectivity index (χ0n) is 11.6. The summed E-state index contributed by atoms with van der Waals surface area (Å²) in [6, 6.07) is 13.4. The van der Waals surface area contributed by atoms with Crippen LogP contribution in [0.1, 0.15) is 17.5 Å². The number of ether oxygens (including phenoxy) is 1. The van der Waals surface area contributed by atoms with E-state index in [1.807, 2.05) is 30.3 Å². The highest BCUT2D eigenvalue weighted by Crippen LogP contribution is 2.40. The van der Waals surface area contributed by atoms with Crippen molar-refractivity contribution in [2.45, 2.75) is 18.4 Å². The van der Waals surface area contributed by atoms with E-state index in [2.05, 4.69) is 22.4 Å². The number of nitrogens with one attached hydrogen (secondary N) is 1.